The average Bonchev–Trinajstić information content (AvgIpc) is 3.17. The van der Waals surface area contributed by atoms with Gasteiger partial charge in [0.25, 0.3) is 5.91 Å². The van der Waals surface area contributed by atoms with E-state index in [1.165, 1.54) is 24.4 Å². The Kier molecular flexibility index (Phi) is 6.48. The molecule has 0 aliphatic carbocycles. The third kappa shape index (κ3) is 5.13. The predicted molar refractivity (Wildman–Crippen MR) is 108 cm³/mol. The Morgan fingerprint density at radius 1 is 1.17 bits per heavy atom. The van der Waals surface area contributed by atoms with Crippen molar-refractivity contribution >= 4 is 41.0 Å². The van der Waals surface area contributed by atoms with E-state index in [1.54, 1.807) is 36.4 Å². The first-order valence-electron chi connectivity index (χ1n) is 8.18. The average molecular weight is 434 g/mol. The summed E-state index contributed by atoms with van der Waals surface area (Å²) in [4.78, 5) is 22.1. The van der Waals surface area contributed by atoms with Crippen molar-refractivity contribution in [3.63, 3.8) is 0 Å². The molecular weight excluding hydrogens is 421 g/mol. The molecule has 0 aliphatic rings. The van der Waals surface area contributed by atoms with Crippen LogP contribution in [0.5, 0.6) is 5.75 Å². The molecule has 0 saturated carbocycles. The first-order chi connectivity index (χ1) is 14.0. The van der Waals surface area contributed by atoms with E-state index in [0.717, 1.165) is 0 Å². The Hall–Kier alpha value is -3.36. The SMILES string of the molecule is O=C(COc1ccccc1[N+](=O)[O-])N/N=C/c1ccc(-c2cccc(Cl)c2Cl)o1. The number of carbonyl (C=O) groups excluding carboxylic acids is 1. The number of para-hydroxylation sites is 2. The van der Waals surface area contributed by atoms with Gasteiger partial charge in [0.15, 0.2) is 12.4 Å². The number of benzene rings is 2. The van der Waals surface area contributed by atoms with Crippen molar-refractivity contribution in [1.82, 2.24) is 5.43 Å². The van der Waals surface area contributed by atoms with Gasteiger partial charge in [-0.25, -0.2) is 5.43 Å². The summed E-state index contributed by atoms with van der Waals surface area (Å²) in [6.45, 7) is -0.441. The second-order valence-electron chi connectivity index (χ2n) is 5.61. The van der Waals surface area contributed by atoms with Gasteiger partial charge in [0.2, 0.25) is 0 Å². The van der Waals surface area contributed by atoms with Gasteiger partial charge in [-0.15, -0.1) is 0 Å². The number of furan rings is 1. The molecule has 3 aromatic rings. The van der Waals surface area contributed by atoms with Crippen LogP contribution in [0.2, 0.25) is 10.0 Å². The van der Waals surface area contributed by atoms with Crippen molar-refractivity contribution in [2.45, 2.75) is 0 Å². The third-order valence-electron chi connectivity index (χ3n) is 3.65. The first-order valence-corrected chi connectivity index (χ1v) is 8.93. The maximum atomic E-state index is 11.8. The van der Waals surface area contributed by atoms with E-state index in [-0.39, 0.29) is 11.4 Å². The van der Waals surface area contributed by atoms with Crippen molar-refractivity contribution in [3.8, 4) is 17.1 Å². The van der Waals surface area contributed by atoms with E-state index in [2.05, 4.69) is 10.5 Å². The molecule has 10 heteroatoms. The Labute approximate surface area is 174 Å². The topological polar surface area (TPSA) is 107 Å². The summed E-state index contributed by atoms with van der Waals surface area (Å²) in [7, 11) is 0. The Morgan fingerprint density at radius 3 is 2.76 bits per heavy atom. The van der Waals surface area contributed by atoms with Crippen LogP contribution >= 0.6 is 23.2 Å². The molecule has 0 saturated heterocycles. The van der Waals surface area contributed by atoms with Crippen LogP contribution in [0.1, 0.15) is 5.76 Å². The molecule has 1 amide bonds. The van der Waals surface area contributed by atoms with E-state index in [4.69, 9.17) is 32.4 Å². The highest BCUT2D eigenvalue weighted by molar-refractivity contribution is 6.43. The first kappa shape index (κ1) is 20.4. The second-order valence-corrected chi connectivity index (χ2v) is 6.40. The van der Waals surface area contributed by atoms with Crippen LogP contribution in [0.25, 0.3) is 11.3 Å². The molecule has 0 bridgehead atoms. The maximum absolute atomic E-state index is 11.8. The Morgan fingerprint density at radius 2 is 1.97 bits per heavy atom. The van der Waals surface area contributed by atoms with Gasteiger partial charge in [-0.2, -0.15) is 5.10 Å². The highest BCUT2D eigenvalue weighted by Crippen LogP contribution is 2.34. The molecule has 148 valence electrons. The van der Waals surface area contributed by atoms with E-state index in [0.29, 0.717) is 27.1 Å². The third-order valence-corrected chi connectivity index (χ3v) is 4.46. The number of carbonyl (C=O) groups is 1. The molecule has 3 rings (SSSR count). The molecule has 29 heavy (non-hydrogen) atoms. The maximum Gasteiger partial charge on any atom is 0.310 e. The highest BCUT2D eigenvalue weighted by atomic mass is 35.5. The number of nitro benzene ring substituents is 1. The highest BCUT2D eigenvalue weighted by Gasteiger charge is 2.15. The van der Waals surface area contributed by atoms with Gasteiger partial charge >= 0.3 is 5.69 Å². The number of nitrogens with one attached hydrogen (secondary N) is 1. The number of hydrazone groups is 1. The van der Waals surface area contributed by atoms with Gasteiger partial charge in [-0.3, -0.25) is 14.9 Å². The van der Waals surface area contributed by atoms with Crippen LogP contribution in [0.3, 0.4) is 0 Å². The monoisotopic (exact) mass is 433 g/mol. The van der Waals surface area contributed by atoms with Crippen LogP contribution in [0, 0.1) is 10.1 Å². The molecule has 8 nitrogen and oxygen atoms in total. The van der Waals surface area contributed by atoms with Crippen LogP contribution in [-0.4, -0.2) is 23.7 Å². The largest absolute Gasteiger partial charge is 0.477 e. The summed E-state index contributed by atoms with van der Waals surface area (Å²) in [6.07, 6.45) is 1.30. The second kappa shape index (κ2) is 9.22. The summed E-state index contributed by atoms with van der Waals surface area (Å²) in [6, 6.07) is 14.3. The molecule has 2 aromatic carbocycles. The van der Waals surface area contributed by atoms with Crippen LogP contribution in [0.15, 0.2) is 64.1 Å². The zero-order valence-corrected chi connectivity index (χ0v) is 16.2. The number of halogens is 2. The summed E-state index contributed by atoms with van der Waals surface area (Å²) >= 11 is 12.2. The van der Waals surface area contributed by atoms with Crippen molar-refractivity contribution < 1.29 is 18.9 Å². The number of amides is 1. The minimum atomic E-state index is -0.593. The summed E-state index contributed by atoms with van der Waals surface area (Å²) in [5, 5.41) is 15.5. The molecule has 1 heterocycles. The number of nitro groups is 1. The van der Waals surface area contributed by atoms with Crippen molar-refractivity contribution in [2.24, 2.45) is 5.10 Å². The number of nitrogens with zero attached hydrogens (tertiary/aromatic N) is 2. The van der Waals surface area contributed by atoms with Crippen LogP contribution < -0.4 is 10.2 Å². The fourth-order valence-electron chi connectivity index (χ4n) is 2.33. The molecule has 0 spiro atoms. The molecular formula is C19H13Cl2N3O5. The lowest BCUT2D eigenvalue weighted by atomic mass is 10.2. The normalized spacial score (nSPS) is 10.8. The minimum absolute atomic E-state index is 0.00861. The lowest BCUT2D eigenvalue weighted by Crippen LogP contribution is -2.24. The van der Waals surface area contributed by atoms with Gasteiger partial charge in [-0.05, 0) is 30.3 Å². The quantitative estimate of drug-likeness (QED) is 0.330. The van der Waals surface area contributed by atoms with Crippen molar-refractivity contribution in [2.75, 3.05) is 6.61 Å². The minimum Gasteiger partial charge on any atom is -0.477 e. The molecule has 0 radical (unpaired) electrons. The van der Waals surface area contributed by atoms with E-state index in [1.807, 2.05) is 0 Å². The zero-order valence-electron chi connectivity index (χ0n) is 14.7. The Balaban J connectivity index is 1.57. The van der Waals surface area contributed by atoms with Crippen molar-refractivity contribution in [3.05, 3.63) is 80.5 Å². The van der Waals surface area contributed by atoms with Gasteiger partial charge in [-0.1, -0.05) is 41.4 Å². The summed E-state index contributed by atoms with van der Waals surface area (Å²) in [5.41, 5.74) is 2.64. The fraction of sp³-hybridized carbons (Fsp3) is 0.0526. The number of hydrogen-bond donors (Lipinski definition) is 1. The summed E-state index contributed by atoms with van der Waals surface area (Å²) in [5.74, 6) is 0.260. The van der Waals surface area contributed by atoms with E-state index < -0.39 is 17.4 Å². The molecule has 0 fully saturated rings. The van der Waals surface area contributed by atoms with Crippen molar-refractivity contribution in [1.29, 1.82) is 0 Å². The molecule has 0 unspecified atom stereocenters. The van der Waals surface area contributed by atoms with E-state index >= 15 is 0 Å². The molecule has 0 aliphatic heterocycles. The smallest absolute Gasteiger partial charge is 0.310 e. The fourth-order valence-corrected chi connectivity index (χ4v) is 2.73. The van der Waals surface area contributed by atoms with Gasteiger partial charge < -0.3 is 9.15 Å². The van der Waals surface area contributed by atoms with Crippen LogP contribution in [-0.2, 0) is 4.79 Å². The van der Waals surface area contributed by atoms with Crippen LogP contribution in [0.4, 0.5) is 5.69 Å². The summed E-state index contributed by atoms with van der Waals surface area (Å²) < 4.78 is 10.8. The predicted octanol–water partition coefficient (Wildman–Crippen LogP) is 4.69. The molecule has 0 atom stereocenters. The Bertz CT molecular complexity index is 1080. The lowest BCUT2D eigenvalue weighted by Gasteiger charge is -2.05. The molecule has 1 N–H and O–H groups in total. The number of rotatable bonds is 7. The van der Waals surface area contributed by atoms with Gasteiger partial charge in [0.05, 0.1) is 21.2 Å². The standard InChI is InChI=1S/C19H13Cl2N3O5/c20-14-5-3-4-13(19(14)21)16-9-8-12(29-16)10-22-23-18(25)11-28-17-7-2-1-6-15(17)24(26)27/h1-10H,11H2,(H,23,25)/b22-10+. The lowest BCUT2D eigenvalue weighted by molar-refractivity contribution is -0.385. The number of hydrogen-bond acceptors (Lipinski definition) is 6. The zero-order chi connectivity index (χ0) is 20.8. The number of ether oxygens (including phenoxy) is 1. The molecule has 1 aromatic heterocycles. The van der Waals surface area contributed by atoms with Gasteiger partial charge in [0, 0.05) is 11.6 Å². The van der Waals surface area contributed by atoms with E-state index in [9.17, 15) is 14.9 Å². The van der Waals surface area contributed by atoms with Gasteiger partial charge in [0.1, 0.15) is 11.5 Å².